The van der Waals surface area contributed by atoms with Crippen molar-refractivity contribution in [2.24, 2.45) is 5.10 Å². The lowest BCUT2D eigenvalue weighted by atomic mass is 10.1. The standard InChI is InChI=1S/C26H20BrN3O3/c27-21-12-10-20(11-13-21)26(32)33-22-14-8-18(9-15-22)16-29-30-25(31)17-28-24-7-3-5-19-4-1-2-6-23(19)24/h1-16,28H,17H2,(H,30,31). The molecule has 4 aromatic rings. The first-order valence-electron chi connectivity index (χ1n) is 10.2. The maximum absolute atomic E-state index is 12.2. The van der Waals surface area contributed by atoms with Crippen molar-refractivity contribution in [3.05, 3.63) is 107 Å². The fourth-order valence-electron chi connectivity index (χ4n) is 3.15. The summed E-state index contributed by atoms with van der Waals surface area (Å²) in [6, 6.07) is 27.6. The molecule has 0 unspecified atom stereocenters. The van der Waals surface area contributed by atoms with Crippen molar-refractivity contribution >= 4 is 50.5 Å². The summed E-state index contributed by atoms with van der Waals surface area (Å²) in [4.78, 5) is 24.3. The molecular formula is C26H20BrN3O3. The van der Waals surface area contributed by atoms with Crippen LogP contribution in [0, 0.1) is 0 Å². The number of carbonyl (C=O) groups excluding carboxylic acids is 2. The minimum absolute atomic E-state index is 0.0935. The van der Waals surface area contributed by atoms with Crippen LogP contribution in [0.2, 0.25) is 0 Å². The molecule has 0 spiro atoms. The third kappa shape index (κ3) is 6.05. The van der Waals surface area contributed by atoms with Crippen molar-refractivity contribution in [2.45, 2.75) is 0 Å². The highest BCUT2D eigenvalue weighted by Crippen LogP contribution is 2.22. The first kappa shape index (κ1) is 22.2. The van der Waals surface area contributed by atoms with Crippen molar-refractivity contribution in [1.29, 1.82) is 0 Å². The molecular weight excluding hydrogens is 482 g/mol. The molecule has 7 heteroatoms. The van der Waals surface area contributed by atoms with Gasteiger partial charge in [0.05, 0.1) is 18.3 Å². The smallest absolute Gasteiger partial charge is 0.343 e. The SMILES string of the molecule is O=C(CNc1cccc2ccccc12)NN=Cc1ccc(OC(=O)c2ccc(Br)cc2)cc1. The molecule has 0 saturated carbocycles. The monoisotopic (exact) mass is 501 g/mol. The van der Waals surface area contributed by atoms with E-state index in [-0.39, 0.29) is 12.5 Å². The zero-order valence-corrected chi connectivity index (χ0v) is 19.1. The quantitative estimate of drug-likeness (QED) is 0.154. The van der Waals surface area contributed by atoms with Crippen LogP contribution in [-0.2, 0) is 4.79 Å². The zero-order valence-electron chi connectivity index (χ0n) is 17.5. The third-order valence-electron chi connectivity index (χ3n) is 4.80. The van der Waals surface area contributed by atoms with E-state index >= 15 is 0 Å². The lowest BCUT2D eigenvalue weighted by molar-refractivity contribution is -0.119. The van der Waals surface area contributed by atoms with E-state index in [4.69, 9.17) is 4.74 Å². The number of carbonyl (C=O) groups is 2. The average Bonchev–Trinajstić information content (AvgIpc) is 2.84. The third-order valence-corrected chi connectivity index (χ3v) is 5.33. The van der Waals surface area contributed by atoms with Crippen LogP contribution in [0.15, 0.2) is 101 Å². The van der Waals surface area contributed by atoms with E-state index < -0.39 is 5.97 Å². The Labute approximate surface area is 199 Å². The van der Waals surface area contributed by atoms with Crippen LogP contribution in [0.5, 0.6) is 5.75 Å². The summed E-state index contributed by atoms with van der Waals surface area (Å²) in [5.41, 5.74) is 4.60. The molecule has 0 aromatic heterocycles. The number of esters is 1. The van der Waals surface area contributed by atoms with Crippen LogP contribution >= 0.6 is 15.9 Å². The molecule has 33 heavy (non-hydrogen) atoms. The number of benzene rings is 4. The molecule has 0 aliphatic heterocycles. The van der Waals surface area contributed by atoms with Crippen LogP contribution in [0.4, 0.5) is 5.69 Å². The van der Waals surface area contributed by atoms with Gasteiger partial charge in [-0.05, 0) is 65.5 Å². The second-order valence-corrected chi connectivity index (χ2v) is 8.05. The maximum Gasteiger partial charge on any atom is 0.343 e. The largest absolute Gasteiger partial charge is 0.423 e. The van der Waals surface area contributed by atoms with Gasteiger partial charge in [-0.2, -0.15) is 5.10 Å². The highest BCUT2D eigenvalue weighted by atomic mass is 79.9. The molecule has 0 bridgehead atoms. The van der Waals surface area contributed by atoms with Gasteiger partial charge in [0.25, 0.3) is 5.91 Å². The highest BCUT2D eigenvalue weighted by molar-refractivity contribution is 9.10. The van der Waals surface area contributed by atoms with Crippen LogP contribution in [0.25, 0.3) is 10.8 Å². The predicted octanol–water partition coefficient (Wildman–Crippen LogP) is 5.38. The lowest BCUT2D eigenvalue weighted by Gasteiger charge is -2.08. The van der Waals surface area contributed by atoms with E-state index in [1.807, 2.05) is 42.5 Å². The number of halogens is 1. The number of anilines is 1. The Morgan fingerprint density at radius 2 is 1.61 bits per heavy atom. The van der Waals surface area contributed by atoms with E-state index in [9.17, 15) is 9.59 Å². The molecule has 0 aliphatic rings. The molecule has 4 rings (SSSR count). The second-order valence-electron chi connectivity index (χ2n) is 7.14. The van der Waals surface area contributed by atoms with Crippen molar-refractivity contribution in [1.82, 2.24) is 5.43 Å². The lowest BCUT2D eigenvalue weighted by Crippen LogP contribution is -2.25. The summed E-state index contributed by atoms with van der Waals surface area (Å²) in [7, 11) is 0. The van der Waals surface area contributed by atoms with Crippen molar-refractivity contribution in [3.63, 3.8) is 0 Å². The number of hydrazone groups is 1. The summed E-state index contributed by atoms with van der Waals surface area (Å²) < 4.78 is 6.25. The summed E-state index contributed by atoms with van der Waals surface area (Å²) in [5, 5.41) is 9.28. The Morgan fingerprint density at radius 1 is 0.879 bits per heavy atom. The number of amides is 1. The Bertz CT molecular complexity index is 1300. The summed E-state index contributed by atoms with van der Waals surface area (Å²) >= 11 is 3.33. The van der Waals surface area contributed by atoms with E-state index in [1.54, 1.807) is 48.5 Å². The fraction of sp³-hybridized carbons (Fsp3) is 0.0385. The van der Waals surface area contributed by atoms with Gasteiger partial charge in [-0.3, -0.25) is 4.79 Å². The van der Waals surface area contributed by atoms with Gasteiger partial charge in [-0.25, -0.2) is 10.2 Å². The van der Waals surface area contributed by atoms with Crippen LogP contribution < -0.4 is 15.5 Å². The van der Waals surface area contributed by atoms with Gasteiger partial charge in [0.15, 0.2) is 0 Å². The average molecular weight is 502 g/mol. The van der Waals surface area contributed by atoms with Crippen molar-refractivity contribution in [3.8, 4) is 5.75 Å². The first-order chi connectivity index (χ1) is 16.1. The van der Waals surface area contributed by atoms with Gasteiger partial charge in [0, 0.05) is 15.5 Å². The summed E-state index contributed by atoms with van der Waals surface area (Å²) in [6.45, 7) is 0.0935. The Hall–Kier alpha value is -3.97. The minimum atomic E-state index is -0.435. The molecule has 0 radical (unpaired) electrons. The number of hydrogen-bond donors (Lipinski definition) is 2. The Morgan fingerprint density at radius 3 is 2.39 bits per heavy atom. The van der Waals surface area contributed by atoms with Gasteiger partial charge >= 0.3 is 5.97 Å². The van der Waals surface area contributed by atoms with Gasteiger partial charge in [0.2, 0.25) is 0 Å². The number of nitrogens with zero attached hydrogens (tertiary/aromatic N) is 1. The van der Waals surface area contributed by atoms with Crippen molar-refractivity contribution in [2.75, 3.05) is 11.9 Å². The molecule has 6 nitrogen and oxygen atoms in total. The molecule has 0 atom stereocenters. The second kappa shape index (κ2) is 10.6. The molecule has 0 heterocycles. The zero-order chi connectivity index (χ0) is 23.0. The van der Waals surface area contributed by atoms with Crippen LogP contribution in [-0.4, -0.2) is 24.6 Å². The topological polar surface area (TPSA) is 79.8 Å². The van der Waals surface area contributed by atoms with E-state index in [0.717, 1.165) is 26.5 Å². The van der Waals surface area contributed by atoms with Gasteiger partial charge in [-0.15, -0.1) is 0 Å². The fourth-order valence-corrected chi connectivity index (χ4v) is 3.41. The maximum atomic E-state index is 12.2. The molecule has 0 fully saturated rings. The Balaban J connectivity index is 1.27. The molecule has 2 N–H and O–H groups in total. The van der Waals surface area contributed by atoms with E-state index in [0.29, 0.717) is 11.3 Å². The highest BCUT2D eigenvalue weighted by Gasteiger charge is 2.08. The Kier molecular flexibility index (Phi) is 7.12. The number of fused-ring (bicyclic) bond motifs is 1. The van der Waals surface area contributed by atoms with E-state index in [1.165, 1.54) is 6.21 Å². The summed E-state index contributed by atoms with van der Waals surface area (Å²) in [5.74, 6) is -0.280. The number of rotatable bonds is 7. The van der Waals surface area contributed by atoms with Gasteiger partial charge in [-0.1, -0.05) is 52.3 Å². The number of ether oxygens (including phenoxy) is 1. The van der Waals surface area contributed by atoms with Crippen LogP contribution in [0.3, 0.4) is 0 Å². The molecule has 0 aliphatic carbocycles. The molecule has 164 valence electrons. The normalized spacial score (nSPS) is 10.8. The molecule has 0 saturated heterocycles. The predicted molar refractivity (Wildman–Crippen MR) is 134 cm³/mol. The molecule has 4 aromatic carbocycles. The van der Waals surface area contributed by atoms with E-state index in [2.05, 4.69) is 31.8 Å². The minimum Gasteiger partial charge on any atom is -0.423 e. The summed E-state index contributed by atoms with van der Waals surface area (Å²) in [6.07, 6.45) is 1.52. The number of hydrogen-bond acceptors (Lipinski definition) is 5. The first-order valence-corrected chi connectivity index (χ1v) is 11.0. The molecule has 1 amide bonds. The van der Waals surface area contributed by atoms with Gasteiger partial charge in [0.1, 0.15) is 5.75 Å². The van der Waals surface area contributed by atoms with Crippen molar-refractivity contribution < 1.29 is 14.3 Å². The number of nitrogens with one attached hydrogen (secondary N) is 2. The van der Waals surface area contributed by atoms with Crippen LogP contribution in [0.1, 0.15) is 15.9 Å². The van der Waals surface area contributed by atoms with Gasteiger partial charge < -0.3 is 10.1 Å².